The Morgan fingerprint density at radius 3 is 2.14 bits per heavy atom. The lowest BCUT2D eigenvalue weighted by atomic mass is 9.99. The van der Waals surface area contributed by atoms with Crippen molar-refractivity contribution in [3.8, 4) is 11.5 Å². The van der Waals surface area contributed by atoms with Crippen molar-refractivity contribution in [2.75, 3.05) is 43.8 Å². The standard InChI is InChI=1S/C29H42F3N3O7S2/c1-7-21(18-33-24-13-10-22(17-26(24)41-4)42-14-15-43(5,37)38)34-28(36)25(16-19(2)3)35-27(29(30,31)32)20-8-11-23(12-9-20)44(6,39)40/h8-13,17,19,21,25,27,33,35H,7,14-16,18H2,1-6H3,(H,34,36)/t21-,25-,27-/m0/s1. The van der Waals surface area contributed by atoms with Crippen molar-refractivity contribution in [1.82, 2.24) is 10.6 Å². The SMILES string of the molecule is CC[C@@H](CNc1ccc(OCCS(C)(=O)=O)cc1OC)NC(=O)[C@H](CC(C)C)N[C@@H](c1ccc(S(C)(=O)=O)cc1)C(F)(F)F. The van der Waals surface area contributed by atoms with Gasteiger partial charge >= 0.3 is 6.18 Å². The summed E-state index contributed by atoms with van der Waals surface area (Å²) in [5.74, 6) is -0.0308. The number of ether oxygens (including phenoxy) is 2. The molecule has 2 rings (SSSR count). The van der Waals surface area contributed by atoms with Crippen molar-refractivity contribution in [1.29, 1.82) is 0 Å². The lowest BCUT2D eigenvalue weighted by Gasteiger charge is -2.30. The summed E-state index contributed by atoms with van der Waals surface area (Å²) < 4.78 is 99.7. The Morgan fingerprint density at radius 1 is 1.00 bits per heavy atom. The first-order valence-electron chi connectivity index (χ1n) is 14.0. The number of carbonyl (C=O) groups excluding carboxylic acids is 1. The zero-order valence-electron chi connectivity index (χ0n) is 25.7. The molecule has 0 saturated heterocycles. The van der Waals surface area contributed by atoms with Gasteiger partial charge in [0.1, 0.15) is 24.1 Å². The van der Waals surface area contributed by atoms with Crippen LogP contribution in [0, 0.1) is 5.92 Å². The van der Waals surface area contributed by atoms with Crippen LogP contribution in [-0.2, 0) is 24.5 Å². The van der Waals surface area contributed by atoms with Crippen LogP contribution in [0.25, 0.3) is 0 Å². The highest BCUT2D eigenvalue weighted by atomic mass is 32.2. The summed E-state index contributed by atoms with van der Waals surface area (Å²) in [6, 6.07) is 5.48. The number of amides is 1. The van der Waals surface area contributed by atoms with E-state index in [1.54, 1.807) is 32.0 Å². The molecule has 0 saturated carbocycles. The van der Waals surface area contributed by atoms with E-state index in [4.69, 9.17) is 9.47 Å². The van der Waals surface area contributed by atoms with Gasteiger partial charge in [0.05, 0.1) is 29.5 Å². The van der Waals surface area contributed by atoms with Gasteiger partial charge in [-0.3, -0.25) is 10.1 Å². The van der Waals surface area contributed by atoms with Crippen molar-refractivity contribution in [3.05, 3.63) is 48.0 Å². The number of halogens is 3. The van der Waals surface area contributed by atoms with E-state index < -0.39 is 49.9 Å². The first kappa shape index (κ1) is 37.1. The molecule has 44 heavy (non-hydrogen) atoms. The van der Waals surface area contributed by atoms with E-state index in [0.29, 0.717) is 23.6 Å². The summed E-state index contributed by atoms with van der Waals surface area (Å²) >= 11 is 0. The summed E-state index contributed by atoms with van der Waals surface area (Å²) in [7, 11) is -5.32. The monoisotopic (exact) mass is 665 g/mol. The molecule has 0 aromatic heterocycles. The minimum Gasteiger partial charge on any atom is -0.494 e. The van der Waals surface area contributed by atoms with Crippen LogP contribution in [0.5, 0.6) is 11.5 Å². The number of hydrogen-bond acceptors (Lipinski definition) is 9. The molecule has 0 aliphatic rings. The largest absolute Gasteiger partial charge is 0.494 e. The van der Waals surface area contributed by atoms with Gasteiger partial charge in [-0.05, 0) is 48.6 Å². The minimum atomic E-state index is -4.76. The predicted molar refractivity (Wildman–Crippen MR) is 164 cm³/mol. The van der Waals surface area contributed by atoms with Gasteiger partial charge in [-0.15, -0.1) is 0 Å². The van der Waals surface area contributed by atoms with Gasteiger partial charge in [-0.1, -0.05) is 32.9 Å². The molecule has 15 heteroatoms. The number of methoxy groups -OCH3 is 1. The van der Waals surface area contributed by atoms with Crippen molar-refractivity contribution in [2.45, 2.75) is 62.8 Å². The molecule has 0 bridgehead atoms. The molecule has 2 aromatic carbocycles. The maximum atomic E-state index is 14.2. The van der Waals surface area contributed by atoms with Crippen LogP contribution in [0.1, 0.15) is 45.2 Å². The second-order valence-corrected chi connectivity index (χ2v) is 15.3. The van der Waals surface area contributed by atoms with Crippen molar-refractivity contribution in [3.63, 3.8) is 0 Å². The lowest BCUT2D eigenvalue weighted by Crippen LogP contribution is -2.52. The van der Waals surface area contributed by atoms with E-state index in [9.17, 15) is 34.8 Å². The Hall–Kier alpha value is -3.04. The number of benzene rings is 2. The number of sulfone groups is 2. The third-order valence-corrected chi connectivity index (χ3v) is 8.67. The fourth-order valence-corrected chi connectivity index (χ4v) is 5.28. The van der Waals surface area contributed by atoms with E-state index in [1.807, 2.05) is 6.92 Å². The molecular weight excluding hydrogens is 623 g/mol. The topological polar surface area (TPSA) is 140 Å². The molecule has 248 valence electrons. The van der Waals surface area contributed by atoms with Crippen LogP contribution in [0.2, 0.25) is 0 Å². The quantitative estimate of drug-likeness (QED) is 0.228. The van der Waals surface area contributed by atoms with Crippen molar-refractivity contribution < 1.29 is 44.3 Å². The Labute approximate surface area is 257 Å². The molecule has 3 atom stereocenters. The molecule has 0 radical (unpaired) electrons. The zero-order valence-corrected chi connectivity index (χ0v) is 27.3. The van der Waals surface area contributed by atoms with Crippen molar-refractivity contribution in [2.24, 2.45) is 5.92 Å². The van der Waals surface area contributed by atoms with Crippen LogP contribution >= 0.6 is 0 Å². The summed E-state index contributed by atoms with van der Waals surface area (Å²) in [6.45, 7) is 5.63. The number of alkyl halides is 3. The van der Waals surface area contributed by atoms with Gasteiger partial charge in [0, 0.05) is 31.2 Å². The minimum absolute atomic E-state index is 0.0224. The van der Waals surface area contributed by atoms with Gasteiger partial charge in [-0.2, -0.15) is 13.2 Å². The zero-order chi connectivity index (χ0) is 33.3. The maximum Gasteiger partial charge on any atom is 0.407 e. The van der Waals surface area contributed by atoms with E-state index >= 15 is 0 Å². The van der Waals surface area contributed by atoms with Gasteiger partial charge in [-0.25, -0.2) is 16.8 Å². The van der Waals surface area contributed by atoms with E-state index in [2.05, 4.69) is 16.0 Å². The van der Waals surface area contributed by atoms with Crippen LogP contribution in [0.15, 0.2) is 47.4 Å². The highest BCUT2D eigenvalue weighted by Gasteiger charge is 2.43. The Balaban J connectivity index is 2.16. The molecule has 2 aromatic rings. The second-order valence-electron chi connectivity index (χ2n) is 11.0. The fraction of sp³-hybridized carbons (Fsp3) is 0.552. The number of anilines is 1. The van der Waals surface area contributed by atoms with Gasteiger partial charge < -0.3 is 20.1 Å². The number of nitrogens with one attached hydrogen (secondary N) is 3. The Kier molecular flexibility index (Phi) is 13.3. The third-order valence-electron chi connectivity index (χ3n) is 6.63. The first-order chi connectivity index (χ1) is 20.3. The molecule has 0 fully saturated rings. The first-order valence-corrected chi connectivity index (χ1v) is 17.9. The average Bonchev–Trinajstić information content (AvgIpc) is 2.91. The number of rotatable bonds is 17. The molecule has 3 N–H and O–H groups in total. The molecule has 1 amide bonds. The summed E-state index contributed by atoms with van der Waals surface area (Å²) in [4.78, 5) is 13.2. The van der Waals surface area contributed by atoms with Crippen LogP contribution < -0.4 is 25.4 Å². The molecule has 0 aliphatic heterocycles. The smallest absolute Gasteiger partial charge is 0.407 e. The molecule has 10 nitrogen and oxygen atoms in total. The normalized spacial score (nSPS) is 14.5. The molecule has 0 unspecified atom stereocenters. The summed E-state index contributed by atoms with van der Waals surface area (Å²) in [6.07, 6.45) is -2.08. The van der Waals surface area contributed by atoms with Crippen LogP contribution in [-0.4, -0.2) is 79.5 Å². The summed E-state index contributed by atoms with van der Waals surface area (Å²) in [5, 5.41) is 8.49. The van der Waals surface area contributed by atoms with E-state index in [1.165, 1.54) is 7.11 Å². The van der Waals surface area contributed by atoms with Gasteiger partial charge in [0.25, 0.3) is 0 Å². The van der Waals surface area contributed by atoms with E-state index in [-0.39, 0.29) is 41.7 Å². The molecule has 0 aliphatic carbocycles. The van der Waals surface area contributed by atoms with Crippen molar-refractivity contribution >= 4 is 31.3 Å². The number of hydrogen-bond donors (Lipinski definition) is 3. The van der Waals surface area contributed by atoms with Crippen LogP contribution in [0.3, 0.4) is 0 Å². The Bertz CT molecular complexity index is 1450. The van der Waals surface area contributed by atoms with Gasteiger partial charge in [0.2, 0.25) is 5.91 Å². The van der Waals surface area contributed by atoms with Crippen LogP contribution in [0.4, 0.5) is 18.9 Å². The molecular formula is C29H42F3N3O7S2. The Morgan fingerprint density at radius 2 is 1.64 bits per heavy atom. The predicted octanol–water partition coefficient (Wildman–Crippen LogP) is 4.14. The average molecular weight is 666 g/mol. The molecule has 0 spiro atoms. The number of carbonyl (C=O) groups is 1. The third kappa shape index (κ3) is 12.2. The summed E-state index contributed by atoms with van der Waals surface area (Å²) in [5.41, 5.74) is 0.359. The molecule has 0 heterocycles. The highest BCUT2D eigenvalue weighted by Crippen LogP contribution is 2.34. The highest BCUT2D eigenvalue weighted by molar-refractivity contribution is 7.91. The van der Waals surface area contributed by atoms with Gasteiger partial charge in [0.15, 0.2) is 19.7 Å². The lowest BCUT2D eigenvalue weighted by molar-refractivity contribution is -0.161. The fourth-order valence-electron chi connectivity index (χ4n) is 4.26. The van der Waals surface area contributed by atoms with E-state index in [0.717, 1.165) is 36.8 Å². The second kappa shape index (κ2) is 15.8. The maximum absolute atomic E-state index is 14.2.